The van der Waals surface area contributed by atoms with E-state index < -0.39 is 12.1 Å². The van der Waals surface area contributed by atoms with E-state index >= 15 is 0 Å². The first-order valence-electron chi connectivity index (χ1n) is 12.7. The van der Waals surface area contributed by atoms with Crippen molar-refractivity contribution in [3.8, 4) is 0 Å². The largest absolute Gasteiger partial charge is 0.490 e. The molecule has 2 fully saturated rings. The number of hydrogen-bond acceptors (Lipinski definition) is 5. The van der Waals surface area contributed by atoms with Gasteiger partial charge in [-0.3, -0.25) is 9.59 Å². The van der Waals surface area contributed by atoms with Crippen LogP contribution in [0.15, 0.2) is 47.3 Å². The number of aliphatic carboxylic acids is 1. The second-order valence-electron chi connectivity index (χ2n) is 10.3. The monoisotopic (exact) mass is 535 g/mol. The van der Waals surface area contributed by atoms with Crippen molar-refractivity contribution >= 4 is 17.8 Å². The third-order valence-electron chi connectivity index (χ3n) is 7.90. The summed E-state index contributed by atoms with van der Waals surface area (Å²) in [5.41, 5.74) is 3.45. The van der Waals surface area contributed by atoms with Crippen molar-refractivity contribution in [1.82, 2.24) is 14.7 Å². The van der Waals surface area contributed by atoms with Gasteiger partial charge >= 0.3 is 12.1 Å². The Hall–Kier alpha value is -3.34. The van der Waals surface area contributed by atoms with Gasteiger partial charge in [-0.2, -0.15) is 13.2 Å². The number of piperazine rings is 1. The predicted octanol–water partition coefficient (Wildman–Crippen LogP) is 3.74. The molecule has 5 rings (SSSR count). The van der Waals surface area contributed by atoms with Crippen LogP contribution < -0.4 is 0 Å². The lowest BCUT2D eigenvalue weighted by Gasteiger charge is -2.40. The summed E-state index contributed by atoms with van der Waals surface area (Å²) in [5.74, 6) is -2.14. The first-order valence-corrected chi connectivity index (χ1v) is 12.7. The fourth-order valence-corrected chi connectivity index (χ4v) is 5.79. The van der Waals surface area contributed by atoms with Gasteiger partial charge in [0.05, 0.1) is 11.8 Å². The molecule has 2 aromatic rings. The van der Waals surface area contributed by atoms with E-state index in [0.29, 0.717) is 12.0 Å². The van der Waals surface area contributed by atoms with Crippen molar-refractivity contribution in [1.29, 1.82) is 0 Å². The minimum atomic E-state index is -5.08. The van der Waals surface area contributed by atoms with Crippen LogP contribution in [-0.4, -0.2) is 90.1 Å². The van der Waals surface area contributed by atoms with Crippen LogP contribution in [0.25, 0.3) is 0 Å². The van der Waals surface area contributed by atoms with Crippen LogP contribution in [0.2, 0.25) is 0 Å². The number of rotatable bonds is 3. The minimum Gasteiger partial charge on any atom is -0.475 e. The van der Waals surface area contributed by atoms with Gasteiger partial charge in [-0.25, -0.2) is 4.79 Å². The molecule has 0 radical (unpaired) electrons. The lowest BCUT2D eigenvalue weighted by atomic mass is 9.73. The third kappa shape index (κ3) is 6.03. The van der Waals surface area contributed by atoms with E-state index in [4.69, 9.17) is 14.3 Å². The number of piperidine rings is 1. The quantitative estimate of drug-likeness (QED) is 0.644. The van der Waals surface area contributed by atoms with Crippen LogP contribution in [0, 0.1) is 0 Å². The number of likely N-dealkylation sites (tertiary alicyclic amines) is 1. The first kappa shape index (κ1) is 27.7. The maximum Gasteiger partial charge on any atom is 0.490 e. The molecular formula is C27H32F3N3O5. The van der Waals surface area contributed by atoms with Crippen LogP contribution in [0.1, 0.15) is 53.1 Å². The number of amides is 2. The van der Waals surface area contributed by atoms with Crippen molar-refractivity contribution in [2.24, 2.45) is 0 Å². The molecule has 2 aliphatic heterocycles. The van der Waals surface area contributed by atoms with E-state index in [9.17, 15) is 22.8 Å². The fraction of sp³-hybridized carbons (Fsp3) is 0.519. The van der Waals surface area contributed by atoms with Crippen molar-refractivity contribution in [2.75, 3.05) is 46.3 Å². The lowest BCUT2D eigenvalue weighted by molar-refractivity contribution is -0.192. The molecule has 1 spiro atoms. The number of furan rings is 1. The summed E-state index contributed by atoms with van der Waals surface area (Å²) in [5, 5.41) is 7.12. The molecule has 3 aliphatic rings. The number of nitrogens with zero attached hydrogens (tertiary/aromatic N) is 3. The van der Waals surface area contributed by atoms with Crippen molar-refractivity contribution in [3.05, 3.63) is 59.5 Å². The Morgan fingerprint density at radius 2 is 1.63 bits per heavy atom. The average Bonchev–Trinajstić information content (AvgIpc) is 3.52. The number of benzene rings is 1. The molecular weight excluding hydrogens is 503 g/mol. The lowest BCUT2D eigenvalue weighted by Crippen LogP contribution is -2.47. The Kier molecular flexibility index (Phi) is 8.15. The van der Waals surface area contributed by atoms with Crippen molar-refractivity contribution in [3.63, 3.8) is 0 Å². The Bertz CT molecular complexity index is 1140. The van der Waals surface area contributed by atoms with Gasteiger partial charge in [-0.05, 0) is 54.8 Å². The molecule has 1 N–H and O–H groups in total. The number of carboxylic acid groups (broad SMARTS) is 1. The molecule has 0 saturated carbocycles. The number of likely N-dealkylation sites (N-methyl/N-ethyl adjacent to an activating group) is 1. The first-order chi connectivity index (χ1) is 18.0. The van der Waals surface area contributed by atoms with Crippen LogP contribution in [0.5, 0.6) is 0 Å². The zero-order valence-electron chi connectivity index (χ0n) is 21.2. The zero-order chi connectivity index (χ0) is 27.5. The smallest absolute Gasteiger partial charge is 0.475 e. The molecule has 2 saturated heterocycles. The number of fused-ring (bicyclic) bond motifs is 2. The van der Waals surface area contributed by atoms with Crippen molar-refractivity contribution < 1.29 is 37.1 Å². The highest BCUT2D eigenvalue weighted by atomic mass is 19.4. The summed E-state index contributed by atoms with van der Waals surface area (Å²) in [6.45, 7) is 5.07. The average molecular weight is 536 g/mol. The second kappa shape index (κ2) is 11.2. The normalized spacial score (nSPS) is 21.0. The molecule has 1 unspecified atom stereocenters. The molecule has 206 valence electrons. The molecule has 1 aliphatic carbocycles. The highest BCUT2D eigenvalue weighted by molar-refractivity contribution is 5.93. The van der Waals surface area contributed by atoms with Gasteiger partial charge in [0.2, 0.25) is 5.91 Å². The van der Waals surface area contributed by atoms with Crippen LogP contribution in [-0.2, 0) is 15.0 Å². The number of alkyl halides is 3. The van der Waals surface area contributed by atoms with Crippen molar-refractivity contribution in [2.45, 2.75) is 43.2 Å². The van der Waals surface area contributed by atoms with Gasteiger partial charge in [0.15, 0.2) is 0 Å². The summed E-state index contributed by atoms with van der Waals surface area (Å²) in [7, 11) is 2.11. The second-order valence-corrected chi connectivity index (χ2v) is 10.3. The van der Waals surface area contributed by atoms with E-state index in [1.807, 2.05) is 9.80 Å². The molecule has 2 amide bonds. The molecule has 1 aromatic heterocycles. The summed E-state index contributed by atoms with van der Waals surface area (Å²) in [6, 6.07) is 10.4. The number of carboxylic acids is 1. The molecule has 11 heteroatoms. The van der Waals surface area contributed by atoms with E-state index in [0.717, 1.165) is 58.5 Å². The standard InChI is InChI=1S/C25H31N3O3.C2HF3O2/c1-26-11-13-27(14-12-26)23(29)16-20-17-25(22-5-3-2-4-21(20)22)7-9-28(10-8-25)24(30)19-6-15-31-18-19;3-2(4,5)1(6)7/h2-6,15,18,20H,7-14,16-17H2,1H3;(H,6,7). The zero-order valence-corrected chi connectivity index (χ0v) is 21.2. The van der Waals surface area contributed by atoms with Gasteiger partial charge in [-0.1, -0.05) is 24.3 Å². The van der Waals surface area contributed by atoms with Gasteiger partial charge in [0.25, 0.3) is 5.91 Å². The Morgan fingerprint density at radius 1 is 1.00 bits per heavy atom. The Morgan fingerprint density at radius 3 is 2.21 bits per heavy atom. The topological polar surface area (TPSA) is 94.3 Å². The number of hydrogen-bond donors (Lipinski definition) is 1. The van der Waals surface area contributed by atoms with E-state index in [-0.39, 0.29) is 23.1 Å². The van der Waals surface area contributed by atoms with Gasteiger partial charge < -0.3 is 24.2 Å². The minimum absolute atomic E-state index is 0.0525. The third-order valence-corrected chi connectivity index (χ3v) is 7.90. The summed E-state index contributed by atoms with van der Waals surface area (Å²) in [6.07, 6.45) is 1.50. The summed E-state index contributed by atoms with van der Waals surface area (Å²) < 4.78 is 36.8. The van der Waals surface area contributed by atoms with E-state index in [1.165, 1.54) is 17.4 Å². The highest BCUT2D eigenvalue weighted by Gasteiger charge is 2.46. The molecule has 0 bridgehead atoms. The number of carbonyl (C=O) groups excluding carboxylic acids is 2. The Labute approximate surface area is 219 Å². The maximum absolute atomic E-state index is 13.1. The van der Waals surface area contributed by atoms with Gasteiger partial charge in [-0.15, -0.1) is 0 Å². The van der Waals surface area contributed by atoms with E-state index in [2.05, 4.69) is 36.2 Å². The summed E-state index contributed by atoms with van der Waals surface area (Å²) >= 11 is 0. The predicted molar refractivity (Wildman–Crippen MR) is 132 cm³/mol. The number of halogens is 3. The van der Waals surface area contributed by atoms with Crippen LogP contribution in [0.3, 0.4) is 0 Å². The van der Waals surface area contributed by atoms with Crippen LogP contribution >= 0.6 is 0 Å². The molecule has 38 heavy (non-hydrogen) atoms. The van der Waals surface area contributed by atoms with Crippen LogP contribution in [0.4, 0.5) is 13.2 Å². The summed E-state index contributed by atoms with van der Waals surface area (Å²) in [4.78, 5) is 41.0. The van der Waals surface area contributed by atoms with Gasteiger partial charge in [0, 0.05) is 45.7 Å². The SMILES string of the molecule is CN1CCN(C(=O)CC2CC3(CCN(C(=O)c4ccoc4)CC3)c3ccccc32)CC1.O=C(O)C(F)(F)F. The van der Waals surface area contributed by atoms with E-state index in [1.54, 1.807) is 12.3 Å². The molecule has 1 aromatic carbocycles. The molecule has 3 heterocycles. The fourth-order valence-electron chi connectivity index (χ4n) is 5.79. The molecule has 8 nitrogen and oxygen atoms in total. The number of carbonyl (C=O) groups is 3. The molecule has 1 atom stereocenters. The highest BCUT2D eigenvalue weighted by Crippen LogP contribution is 2.52. The Balaban J connectivity index is 0.000000426. The maximum atomic E-state index is 13.1. The van der Waals surface area contributed by atoms with Gasteiger partial charge in [0.1, 0.15) is 6.26 Å².